The largest absolute Gasteiger partial charge is 0.385 e. The van der Waals surface area contributed by atoms with E-state index in [4.69, 9.17) is 4.74 Å². The summed E-state index contributed by atoms with van der Waals surface area (Å²) >= 11 is 0. The minimum atomic E-state index is -3.46. The van der Waals surface area contributed by atoms with Crippen molar-refractivity contribution in [3.63, 3.8) is 0 Å². The Morgan fingerprint density at radius 3 is 2.85 bits per heavy atom. The Morgan fingerprint density at radius 1 is 1.45 bits per heavy atom. The molecule has 116 valence electrons. The van der Waals surface area contributed by atoms with E-state index < -0.39 is 10.0 Å². The molecule has 7 heteroatoms. The normalized spacial score (nSPS) is 13.6. The summed E-state index contributed by atoms with van der Waals surface area (Å²) in [6.07, 6.45) is 3.21. The van der Waals surface area contributed by atoms with Crippen LogP contribution >= 0.6 is 0 Å². The van der Waals surface area contributed by atoms with Crippen molar-refractivity contribution in [3.05, 3.63) is 18.0 Å². The summed E-state index contributed by atoms with van der Waals surface area (Å²) in [6, 6.07) is 1.50. The number of H-pyrrole nitrogens is 1. The van der Waals surface area contributed by atoms with Gasteiger partial charge in [0, 0.05) is 38.2 Å². The van der Waals surface area contributed by atoms with E-state index in [1.165, 1.54) is 6.20 Å². The highest BCUT2D eigenvalue weighted by Crippen LogP contribution is 2.11. The Bertz CT molecular complexity index is 485. The summed E-state index contributed by atoms with van der Waals surface area (Å²) in [5.41, 5.74) is 0.864. The first-order valence-electron chi connectivity index (χ1n) is 6.89. The summed E-state index contributed by atoms with van der Waals surface area (Å²) < 4.78 is 31.9. The Labute approximate surface area is 121 Å². The number of sulfonamides is 1. The highest BCUT2D eigenvalue weighted by molar-refractivity contribution is 7.89. The van der Waals surface area contributed by atoms with Crippen LogP contribution in [0.15, 0.2) is 17.2 Å². The van der Waals surface area contributed by atoms with Gasteiger partial charge in [0.25, 0.3) is 0 Å². The molecule has 0 fully saturated rings. The fraction of sp³-hybridized carbons (Fsp3) is 0.692. The molecule has 0 aromatic carbocycles. The maximum absolute atomic E-state index is 12.2. The number of aromatic amines is 1. The first kappa shape index (κ1) is 17.2. The SMILES string of the molecule is CCCNCc1cc(S(=O)(=O)NC(C)CCOC)c[nH]1. The molecule has 0 amide bonds. The highest BCUT2D eigenvalue weighted by atomic mass is 32.2. The molecule has 0 radical (unpaired) electrons. The second-order valence-electron chi connectivity index (χ2n) is 4.84. The molecule has 0 aliphatic carbocycles. The Morgan fingerprint density at radius 2 is 2.20 bits per heavy atom. The Hall–Kier alpha value is -0.890. The molecule has 0 spiro atoms. The van der Waals surface area contributed by atoms with Crippen LogP contribution in [0.2, 0.25) is 0 Å². The molecule has 0 aliphatic heterocycles. The molecule has 0 saturated heterocycles. The molecule has 20 heavy (non-hydrogen) atoms. The summed E-state index contributed by atoms with van der Waals surface area (Å²) in [4.78, 5) is 3.25. The molecule has 1 unspecified atom stereocenters. The van der Waals surface area contributed by atoms with Gasteiger partial charge >= 0.3 is 0 Å². The number of hydrogen-bond acceptors (Lipinski definition) is 4. The van der Waals surface area contributed by atoms with E-state index in [9.17, 15) is 8.42 Å². The van der Waals surface area contributed by atoms with Gasteiger partial charge in [0.1, 0.15) is 0 Å². The average Bonchev–Trinajstić information content (AvgIpc) is 2.86. The minimum absolute atomic E-state index is 0.156. The van der Waals surface area contributed by atoms with E-state index in [1.54, 1.807) is 13.2 Å². The first-order valence-corrected chi connectivity index (χ1v) is 8.37. The molecule has 0 aliphatic rings. The Kier molecular flexibility index (Phi) is 7.22. The lowest BCUT2D eigenvalue weighted by Crippen LogP contribution is -2.33. The second kappa shape index (κ2) is 8.41. The Balaban J connectivity index is 2.59. The van der Waals surface area contributed by atoms with Crippen molar-refractivity contribution in [2.24, 2.45) is 0 Å². The fourth-order valence-corrected chi connectivity index (χ4v) is 3.06. The monoisotopic (exact) mass is 303 g/mol. The molecule has 1 aromatic rings. The highest BCUT2D eigenvalue weighted by Gasteiger charge is 2.18. The number of aromatic nitrogens is 1. The predicted octanol–water partition coefficient (Wildman–Crippen LogP) is 1.22. The molecule has 1 aromatic heterocycles. The lowest BCUT2D eigenvalue weighted by molar-refractivity contribution is 0.188. The van der Waals surface area contributed by atoms with Gasteiger partial charge in [-0.3, -0.25) is 0 Å². The van der Waals surface area contributed by atoms with Gasteiger partial charge in [-0.2, -0.15) is 0 Å². The number of rotatable bonds is 10. The smallest absolute Gasteiger partial charge is 0.242 e. The third-order valence-electron chi connectivity index (χ3n) is 2.88. The lowest BCUT2D eigenvalue weighted by Gasteiger charge is -2.12. The molecule has 6 nitrogen and oxygen atoms in total. The zero-order valence-corrected chi connectivity index (χ0v) is 13.2. The van der Waals surface area contributed by atoms with Gasteiger partial charge in [0.05, 0.1) is 4.90 Å². The van der Waals surface area contributed by atoms with Crippen molar-refractivity contribution in [2.75, 3.05) is 20.3 Å². The van der Waals surface area contributed by atoms with Crippen LogP contribution in [-0.4, -0.2) is 39.7 Å². The molecule has 1 heterocycles. The number of nitrogens with one attached hydrogen (secondary N) is 3. The maximum Gasteiger partial charge on any atom is 0.242 e. The number of ether oxygens (including phenoxy) is 1. The van der Waals surface area contributed by atoms with Crippen molar-refractivity contribution in [1.29, 1.82) is 0 Å². The van der Waals surface area contributed by atoms with Crippen LogP contribution in [0.4, 0.5) is 0 Å². The summed E-state index contributed by atoms with van der Waals surface area (Å²) in [5, 5.41) is 3.22. The van der Waals surface area contributed by atoms with Crippen LogP contribution in [0, 0.1) is 0 Å². The van der Waals surface area contributed by atoms with Crippen LogP contribution < -0.4 is 10.0 Å². The maximum atomic E-state index is 12.2. The third-order valence-corrected chi connectivity index (χ3v) is 4.45. The minimum Gasteiger partial charge on any atom is -0.385 e. The standard InChI is InChI=1S/C13H25N3O3S/c1-4-6-14-9-12-8-13(10-15-12)20(17,18)16-11(2)5-7-19-3/h8,10-11,14-16H,4-7,9H2,1-3H3. The van der Waals surface area contributed by atoms with E-state index in [0.717, 1.165) is 18.7 Å². The quantitative estimate of drug-likeness (QED) is 0.568. The molecule has 0 saturated carbocycles. The number of hydrogen-bond donors (Lipinski definition) is 3. The van der Waals surface area contributed by atoms with Gasteiger partial charge in [0.2, 0.25) is 10.0 Å². The molecular formula is C13H25N3O3S. The van der Waals surface area contributed by atoms with E-state index in [2.05, 4.69) is 21.9 Å². The van der Waals surface area contributed by atoms with Crippen LogP contribution in [0.5, 0.6) is 0 Å². The average molecular weight is 303 g/mol. The number of methoxy groups -OCH3 is 1. The van der Waals surface area contributed by atoms with Gasteiger partial charge in [-0.05, 0) is 32.4 Å². The van der Waals surface area contributed by atoms with Gasteiger partial charge < -0.3 is 15.0 Å². The van der Waals surface area contributed by atoms with Crippen LogP contribution in [0.3, 0.4) is 0 Å². The lowest BCUT2D eigenvalue weighted by atomic mass is 10.3. The van der Waals surface area contributed by atoms with E-state index in [0.29, 0.717) is 19.6 Å². The third kappa shape index (κ3) is 5.62. The molecule has 1 rings (SSSR count). The second-order valence-corrected chi connectivity index (χ2v) is 6.56. The fourth-order valence-electron chi connectivity index (χ4n) is 1.76. The van der Waals surface area contributed by atoms with Crippen LogP contribution in [-0.2, 0) is 21.3 Å². The van der Waals surface area contributed by atoms with E-state index >= 15 is 0 Å². The van der Waals surface area contributed by atoms with Gasteiger partial charge in [-0.25, -0.2) is 13.1 Å². The molecule has 3 N–H and O–H groups in total. The van der Waals surface area contributed by atoms with Crippen LogP contribution in [0.25, 0.3) is 0 Å². The van der Waals surface area contributed by atoms with Crippen molar-refractivity contribution in [1.82, 2.24) is 15.0 Å². The summed E-state index contributed by atoms with van der Waals surface area (Å²) in [7, 11) is -1.86. The predicted molar refractivity (Wildman–Crippen MR) is 79.1 cm³/mol. The first-order chi connectivity index (χ1) is 9.49. The van der Waals surface area contributed by atoms with E-state index in [1.807, 2.05) is 6.92 Å². The van der Waals surface area contributed by atoms with Crippen molar-refractivity contribution in [2.45, 2.75) is 44.2 Å². The summed E-state index contributed by atoms with van der Waals surface area (Å²) in [6.45, 7) is 5.99. The van der Waals surface area contributed by atoms with Crippen molar-refractivity contribution >= 4 is 10.0 Å². The van der Waals surface area contributed by atoms with Crippen molar-refractivity contribution < 1.29 is 13.2 Å². The van der Waals surface area contributed by atoms with Gasteiger partial charge in [-0.1, -0.05) is 6.92 Å². The topological polar surface area (TPSA) is 83.2 Å². The van der Waals surface area contributed by atoms with E-state index in [-0.39, 0.29) is 10.9 Å². The van der Waals surface area contributed by atoms with Gasteiger partial charge in [0.15, 0.2) is 0 Å². The molecular weight excluding hydrogens is 278 g/mol. The summed E-state index contributed by atoms with van der Waals surface area (Å²) in [5.74, 6) is 0. The van der Waals surface area contributed by atoms with Gasteiger partial charge in [-0.15, -0.1) is 0 Å². The molecule has 1 atom stereocenters. The zero-order chi connectivity index (χ0) is 15.0. The molecule has 0 bridgehead atoms. The van der Waals surface area contributed by atoms with Crippen molar-refractivity contribution in [3.8, 4) is 0 Å². The van der Waals surface area contributed by atoms with Crippen LogP contribution in [0.1, 0.15) is 32.4 Å². The zero-order valence-electron chi connectivity index (χ0n) is 12.4.